The van der Waals surface area contributed by atoms with Crippen molar-refractivity contribution in [3.8, 4) is 0 Å². The third-order valence-electron chi connectivity index (χ3n) is 3.56. The van der Waals surface area contributed by atoms with Gasteiger partial charge in [0.05, 0.1) is 11.8 Å². The SMILES string of the molecule is CC(C)NS(=O)(=O)CCNC(=O)c1ccn(C2CCCNC2)n1.Cl. The summed E-state index contributed by atoms with van der Waals surface area (Å²) >= 11 is 0. The second-order valence-electron chi connectivity index (χ2n) is 6.03. The number of hydrogen-bond acceptors (Lipinski definition) is 5. The van der Waals surface area contributed by atoms with E-state index in [9.17, 15) is 13.2 Å². The summed E-state index contributed by atoms with van der Waals surface area (Å²) in [6, 6.07) is 1.77. The zero-order chi connectivity index (χ0) is 16.9. The molecule has 0 saturated carbocycles. The maximum atomic E-state index is 12.0. The summed E-state index contributed by atoms with van der Waals surface area (Å²) in [6.07, 6.45) is 3.92. The van der Waals surface area contributed by atoms with E-state index in [-0.39, 0.29) is 42.7 Å². The minimum Gasteiger partial charge on any atom is -0.350 e. The first-order valence-electron chi connectivity index (χ1n) is 7.91. The van der Waals surface area contributed by atoms with Crippen LogP contribution in [0.4, 0.5) is 0 Å². The van der Waals surface area contributed by atoms with E-state index in [4.69, 9.17) is 0 Å². The van der Waals surface area contributed by atoms with Crippen LogP contribution in [-0.2, 0) is 10.0 Å². The van der Waals surface area contributed by atoms with E-state index >= 15 is 0 Å². The first-order chi connectivity index (χ1) is 10.9. The molecular weight excluding hydrogens is 354 g/mol. The minimum atomic E-state index is -3.37. The quantitative estimate of drug-likeness (QED) is 0.631. The highest BCUT2D eigenvalue weighted by molar-refractivity contribution is 7.89. The predicted molar refractivity (Wildman–Crippen MR) is 95.0 cm³/mol. The Morgan fingerprint density at radius 2 is 2.25 bits per heavy atom. The van der Waals surface area contributed by atoms with Crippen LogP contribution in [0, 0.1) is 0 Å². The lowest BCUT2D eigenvalue weighted by molar-refractivity contribution is 0.0949. The van der Waals surface area contributed by atoms with Crippen LogP contribution in [0.2, 0.25) is 0 Å². The Labute approximate surface area is 149 Å². The zero-order valence-electron chi connectivity index (χ0n) is 14.0. The molecule has 10 heteroatoms. The molecule has 1 unspecified atom stereocenters. The number of hydrogen-bond donors (Lipinski definition) is 3. The van der Waals surface area contributed by atoms with Gasteiger partial charge in [0.15, 0.2) is 0 Å². The molecule has 1 amide bonds. The molecule has 0 aliphatic carbocycles. The summed E-state index contributed by atoms with van der Waals surface area (Å²) in [5, 5.41) is 10.2. The summed E-state index contributed by atoms with van der Waals surface area (Å²) < 4.78 is 27.6. The number of halogens is 1. The molecule has 0 spiro atoms. The molecule has 0 aromatic carbocycles. The van der Waals surface area contributed by atoms with Gasteiger partial charge in [-0.1, -0.05) is 0 Å². The molecule has 3 N–H and O–H groups in total. The van der Waals surface area contributed by atoms with Gasteiger partial charge in [-0.2, -0.15) is 5.10 Å². The maximum absolute atomic E-state index is 12.0. The summed E-state index contributed by atoms with van der Waals surface area (Å²) in [6.45, 7) is 5.43. The van der Waals surface area contributed by atoms with E-state index in [1.807, 2.05) is 0 Å². The van der Waals surface area contributed by atoms with Gasteiger partial charge in [0, 0.05) is 25.3 Å². The van der Waals surface area contributed by atoms with Gasteiger partial charge in [-0.15, -0.1) is 12.4 Å². The average Bonchev–Trinajstić information content (AvgIpc) is 2.96. The lowest BCUT2D eigenvalue weighted by Gasteiger charge is -2.22. The van der Waals surface area contributed by atoms with Crippen molar-refractivity contribution >= 4 is 28.3 Å². The lowest BCUT2D eigenvalue weighted by Crippen LogP contribution is -2.37. The third kappa shape index (κ3) is 6.39. The van der Waals surface area contributed by atoms with Gasteiger partial charge in [0.1, 0.15) is 5.69 Å². The molecule has 0 bridgehead atoms. The smallest absolute Gasteiger partial charge is 0.271 e. The van der Waals surface area contributed by atoms with Gasteiger partial charge in [-0.25, -0.2) is 13.1 Å². The van der Waals surface area contributed by atoms with Crippen molar-refractivity contribution in [2.45, 2.75) is 38.8 Å². The highest BCUT2D eigenvalue weighted by Crippen LogP contribution is 2.15. The molecule has 8 nitrogen and oxygen atoms in total. The van der Waals surface area contributed by atoms with E-state index in [0.29, 0.717) is 5.69 Å². The van der Waals surface area contributed by atoms with E-state index in [2.05, 4.69) is 20.5 Å². The first-order valence-corrected chi connectivity index (χ1v) is 9.57. The number of aromatic nitrogens is 2. The molecule has 0 radical (unpaired) electrons. The van der Waals surface area contributed by atoms with Crippen LogP contribution in [0.15, 0.2) is 12.3 Å². The van der Waals surface area contributed by atoms with Crippen LogP contribution in [0.1, 0.15) is 43.2 Å². The van der Waals surface area contributed by atoms with Gasteiger partial charge < -0.3 is 10.6 Å². The molecule has 2 rings (SSSR count). The van der Waals surface area contributed by atoms with E-state index in [1.165, 1.54) is 0 Å². The first kappa shape index (κ1) is 20.9. The van der Waals surface area contributed by atoms with Gasteiger partial charge >= 0.3 is 0 Å². The molecule has 2 heterocycles. The normalized spacial score (nSPS) is 18.2. The van der Waals surface area contributed by atoms with Crippen LogP contribution in [0.25, 0.3) is 0 Å². The number of carbonyl (C=O) groups is 1. The predicted octanol–water partition coefficient (Wildman–Crippen LogP) is 0.287. The number of rotatable bonds is 7. The van der Waals surface area contributed by atoms with Crippen LogP contribution >= 0.6 is 12.4 Å². The largest absolute Gasteiger partial charge is 0.350 e. The molecule has 1 aromatic heterocycles. The maximum Gasteiger partial charge on any atom is 0.271 e. The van der Waals surface area contributed by atoms with Gasteiger partial charge in [0.2, 0.25) is 10.0 Å². The van der Waals surface area contributed by atoms with E-state index in [0.717, 1.165) is 25.9 Å². The van der Waals surface area contributed by atoms with Crippen LogP contribution in [0.5, 0.6) is 0 Å². The van der Waals surface area contributed by atoms with Crippen molar-refractivity contribution < 1.29 is 13.2 Å². The number of nitrogens with one attached hydrogen (secondary N) is 3. The fraction of sp³-hybridized carbons (Fsp3) is 0.714. The Morgan fingerprint density at radius 3 is 2.88 bits per heavy atom. The Kier molecular flexibility index (Phi) is 8.14. The van der Waals surface area contributed by atoms with Crippen molar-refractivity contribution in [3.63, 3.8) is 0 Å². The van der Waals surface area contributed by atoms with Gasteiger partial charge in [-0.05, 0) is 39.3 Å². The van der Waals surface area contributed by atoms with Crippen LogP contribution in [-0.4, -0.2) is 55.5 Å². The van der Waals surface area contributed by atoms with Crippen molar-refractivity contribution in [1.82, 2.24) is 25.1 Å². The van der Waals surface area contributed by atoms with Crippen molar-refractivity contribution in [2.24, 2.45) is 0 Å². The molecular formula is C14H26ClN5O3S. The Bertz CT molecular complexity index is 626. The third-order valence-corrected chi connectivity index (χ3v) is 5.13. The van der Waals surface area contributed by atoms with Crippen molar-refractivity contribution in [2.75, 3.05) is 25.4 Å². The number of piperidine rings is 1. The standard InChI is InChI=1S/C14H25N5O3S.ClH/c1-11(2)18-23(21,22)9-7-16-14(20)13-5-8-19(17-13)12-4-3-6-15-10-12;/h5,8,11-12,15,18H,3-4,6-7,9-10H2,1-2H3,(H,16,20);1H. The zero-order valence-corrected chi connectivity index (χ0v) is 15.6. The fourth-order valence-corrected chi connectivity index (χ4v) is 3.74. The second kappa shape index (κ2) is 9.36. The summed E-state index contributed by atoms with van der Waals surface area (Å²) in [4.78, 5) is 12.0. The Hall–Kier alpha value is -1.16. The highest BCUT2D eigenvalue weighted by atomic mass is 35.5. The van der Waals surface area contributed by atoms with Crippen molar-refractivity contribution in [1.29, 1.82) is 0 Å². The second-order valence-corrected chi connectivity index (χ2v) is 7.90. The van der Waals surface area contributed by atoms with E-state index in [1.54, 1.807) is 30.8 Å². The molecule has 24 heavy (non-hydrogen) atoms. The van der Waals surface area contributed by atoms with Gasteiger partial charge in [0.25, 0.3) is 5.91 Å². The lowest BCUT2D eigenvalue weighted by atomic mass is 10.1. The topological polar surface area (TPSA) is 105 Å². The Balaban J connectivity index is 0.00000288. The molecule has 1 fully saturated rings. The van der Waals surface area contributed by atoms with Crippen LogP contribution < -0.4 is 15.4 Å². The molecule has 1 aromatic rings. The fourth-order valence-electron chi connectivity index (χ4n) is 2.53. The number of sulfonamides is 1. The number of amides is 1. The molecule has 1 atom stereocenters. The molecule has 1 aliphatic heterocycles. The monoisotopic (exact) mass is 379 g/mol. The number of carbonyl (C=O) groups excluding carboxylic acids is 1. The number of nitrogens with zero attached hydrogens (tertiary/aromatic N) is 2. The molecule has 1 aliphatic rings. The summed E-state index contributed by atoms with van der Waals surface area (Å²) in [5.74, 6) is -0.503. The Morgan fingerprint density at radius 1 is 1.50 bits per heavy atom. The van der Waals surface area contributed by atoms with Crippen molar-refractivity contribution in [3.05, 3.63) is 18.0 Å². The minimum absolute atomic E-state index is 0. The molecule has 138 valence electrons. The van der Waals surface area contributed by atoms with Gasteiger partial charge in [-0.3, -0.25) is 9.48 Å². The van der Waals surface area contributed by atoms with E-state index < -0.39 is 10.0 Å². The molecule has 1 saturated heterocycles. The van der Waals surface area contributed by atoms with Crippen LogP contribution in [0.3, 0.4) is 0 Å². The summed E-state index contributed by atoms with van der Waals surface area (Å²) in [7, 11) is -3.37. The highest BCUT2D eigenvalue weighted by Gasteiger charge is 2.18. The summed E-state index contributed by atoms with van der Waals surface area (Å²) in [5.41, 5.74) is 0.310. The average molecular weight is 380 g/mol.